The number of hydrogen-bond donors (Lipinski definition) is 2. The maximum absolute atomic E-state index is 11.8. The van der Waals surface area contributed by atoms with Crippen molar-refractivity contribution in [3.8, 4) is 0 Å². The van der Waals surface area contributed by atoms with E-state index in [2.05, 4.69) is 16.7 Å². The van der Waals surface area contributed by atoms with E-state index in [1.807, 2.05) is 18.8 Å². The van der Waals surface area contributed by atoms with Crippen LogP contribution in [0.25, 0.3) is 0 Å². The molecule has 1 unspecified atom stereocenters. The number of aromatic nitrogens is 2. The zero-order valence-electron chi connectivity index (χ0n) is 11.8. The van der Waals surface area contributed by atoms with Gasteiger partial charge in [-0.15, -0.1) is 0 Å². The Morgan fingerprint density at radius 3 is 2.84 bits per heavy atom. The van der Waals surface area contributed by atoms with Gasteiger partial charge >= 0.3 is 0 Å². The summed E-state index contributed by atoms with van der Waals surface area (Å²) in [5.41, 5.74) is 6.61. The van der Waals surface area contributed by atoms with Crippen LogP contribution in [-0.4, -0.2) is 34.2 Å². The third-order valence-corrected chi connectivity index (χ3v) is 3.64. The second-order valence-electron chi connectivity index (χ2n) is 4.62. The minimum atomic E-state index is -0.620. The summed E-state index contributed by atoms with van der Waals surface area (Å²) in [6.07, 6.45) is 10.2. The van der Waals surface area contributed by atoms with E-state index in [9.17, 15) is 4.79 Å². The van der Waals surface area contributed by atoms with Gasteiger partial charge in [0.15, 0.2) is 0 Å². The van der Waals surface area contributed by atoms with Crippen molar-refractivity contribution in [1.82, 2.24) is 15.1 Å². The smallest absolute Gasteiger partial charge is 0.241 e. The Bertz CT molecular complexity index is 380. The number of nitrogens with zero attached hydrogens (tertiary/aromatic N) is 2. The molecular weight excluding hydrogens is 260 g/mol. The molecule has 19 heavy (non-hydrogen) atoms. The molecule has 1 heterocycles. The average molecular weight is 284 g/mol. The molecule has 0 aliphatic heterocycles. The second kappa shape index (κ2) is 8.98. The summed E-state index contributed by atoms with van der Waals surface area (Å²) in [7, 11) is 1.81. The largest absolute Gasteiger partial charge is 0.354 e. The molecule has 0 fully saturated rings. The fourth-order valence-electron chi connectivity index (χ4n) is 1.80. The van der Waals surface area contributed by atoms with E-state index in [4.69, 9.17) is 5.73 Å². The molecule has 1 aromatic heterocycles. The first-order valence-corrected chi connectivity index (χ1v) is 8.05. The van der Waals surface area contributed by atoms with E-state index in [1.54, 1.807) is 17.1 Å². The van der Waals surface area contributed by atoms with Crippen LogP contribution in [0.2, 0.25) is 0 Å². The fraction of sp³-hybridized carbons (Fsp3) is 0.692. The Kier molecular flexibility index (Phi) is 7.59. The van der Waals surface area contributed by atoms with Crippen molar-refractivity contribution in [2.75, 3.05) is 18.6 Å². The van der Waals surface area contributed by atoms with Crippen LogP contribution in [0.4, 0.5) is 0 Å². The highest BCUT2D eigenvalue weighted by Crippen LogP contribution is 2.08. The number of amides is 1. The van der Waals surface area contributed by atoms with Crippen molar-refractivity contribution >= 4 is 17.7 Å². The van der Waals surface area contributed by atoms with Crippen molar-refractivity contribution in [2.45, 2.75) is 31.7 Å². The maximum atomic E-state index is 11.8. The minimum absolute atomic E-state index is 0.128. The lowest BCUT2D eigenvalue weighted by Crippen LogP contribution is -2.34. The molecule has 0 saturated carbocycles. The fourth-order valence-corrected chi connectivity index (χ4v) is 2.29. The van der Waals surface area contributed by atoms with Gasteiger partial charge in [0.2, 0.25) is 5.91 Å². The van der Waals surface area contributed by atoms with Gasteiger partial charge in [0.25, 0.3) is 0 Å². The van der Waals surface area contributed by atoms with Gasteiger partial charge in [-0.1, -0.05) is 12.8 Å². The highest BCUT2D eigenvalue weighted by Gasteiger charge is 2.16. The van der Waals surface area contributed by atoms with Gasteiger partial charge in [0.05, 0.1) is 6.20 Å². The van der Waals surface area contributed by atoms with Crippen molar-refractivity contribution in [3.05, 3.63) is 18.0 Å². The van der Waals surface area contributed by atoms with E-state index in [-0.39, 0.29) is 5.91 Å². The van der Waals surface area contributed by atoms with Crippen molar-refractivity contribution in [2.24, 2.45) is 12.8 Å². The summed E-state index contributed by atoms with van der Waals surface area (Å²) in [6.45, 7) is 0.700. The van der Waals surface area contributed by atoms with Gasteiger partial charge in [-0.25, -0.2) is 0 Å². The van der Waals surface area contributed by atoms with Gasteiger partial charge in [-0.05, 0) is 24.9 Å². The van der Waals surface area contributed by atoms with Crippen LogP contribution in [0, 0.1) is 0 Å². The first kappa shape index (κ1) is 16.0. The van der Waals surface area contributed by atoms with E-state index in [1.165, 1.54) is 18.6 Å². The number of carbonyl (C=O) groups is 1. The summed E-state index contributed by atoms with van der Waals surface area (Å²) in [5, 5.41) is 6.89. The normalized spacial score (nSPS) is 12.4. The number of rotatable bonds is 9. The summed E-state index contributed by atoms with van der Waals surface area (Å²) in [6, 6.07) is -0.620. The van der Waals surface area contributed by atoms with Gasteiger partial charge in [-0.2, -0.15) is 16.9 Å². The van der Waals surface area contributed by atoms with Crippen LogP contribution in [0.1, 0.15) is 37.3 Å². The van der Waals surface area contributed by atoms with Gasteiger partial charge in [-0.3, -0.25) is 9.48 Å². The molecule has 0 aromatic carbocycles. The number of thioether (sulfide) groups is 1. The zero-order valence-corrected chi connectivity index (χ0v) is 12.6. The summed E-state index contributed by atoms with van der Waals surface area (Å²) in [4.78, 5) is 11.8. The number of hydrogen-bond acceptors (Lipinski definition) is 4. The standard InChI is InChI=1S/C13H24N4OS/c1-17-10-11(9-16-17)12(14)13(18)15-7-5-3-4-6-8-19-2/h9-10,12H,3-8,14H2,1-2H3,(H,15,18). The Morgan fingerprint density at radius 2 is 2.21 bits per heavy atom. The number of aryl methyl sites for hydroxylation is 1. The number of nitrogens with one attached hydrogen (secondary N) is 1. The molecule has 0 aliphatic rings. The van der Waals surface area contributed by atoms with Crippen LogP contribution in [0.15, 0.2) is 12.4 Å². The molecule has 0 bridgehead atoms. The molecule has 5 nitrogen and oxygen atoms in total. The van der Waals surface area contributed by atoms with Crippen LogP contribution in [0.3, 0.4) is 0 Å². The third kappa shape index (κ3) is 6.11. The highest BCUT2D eigenvalue weighted by atomic mass is 32.2. The molecule has 1 amide bonds. The van der Waals surface area contributed by atoms with Gasteiger partial charge < -0.3 is 11.1 Å². The van der Waals surface area contributed by atoms with Crippen molar-refractivity contribution < 1.29 is 4.79 Å². The van der Waals surface area contributed by atoms with Crippen molar-refractivity contribution in [3.63, 3.8) is 0 Å². The van der Waals surface area contributed by atoms with Crippen molar-refractivity contribution in [1.29, 1.82) is 0 Å². The van der Waals surface area contributed by atoms with E-state index < -0.39 is 6.04 Å². The molecule has 0 aliphatic carbocycles. The first-order valence-electron chi connectivity index (χ1n) is 6.66. The zero-order chi connectivity index (χ0) is 14.1. The van der Waals surface area contributed by atoms with Crippen LogP contribution in [-0.2, 0) is 11.8 Å². The molecule has 0 saturated heterocycles. The number of nitrogens with two attached hydrogens (primary N) is 1. The predicted molar refractivity (Wildman–Crippen MR) is 80.0 cm³/mol. The monoisotopic (exact) mass is 284 g/mol. The molecule has 108 valence electrons. The lowest BCUT2D eigenvalue weighted by atomic mass is 10.1. The molecule has 1 aromatic rings. The number of unbranched alkanes of at least 4 members (excludes halogenated alkanes) is 3. The Morgan fingerprint density at radius 1 is 1.47 bits per heavy atom. The Balaban J connectivity index is 2.14. The third-order valence-electron chi connectivity index (χ3n) is 2.94. The minimum Gasteiger partial charge on any atom is -0.354 e. The average Bonchev–Trinajstić information content (AvgIpc) is 2.83. The van der Waals surface area contributed by atoms with E-state index >= 15 is 0 Å². The summed E-state index contributed by atoms with van der Waals surface area (Å²) < 4.78 is 1.65. The maximum Gasteiger partial charge on any atom is 0.241 e. The quantitative estimate of drug-likeness (QED) is 0.673. The van der Waals surface area contributed by atoms with Gasteiger partial charge in [0, 0.05) is 25.4 Å². The molecular formula is C13H24N4OS. The molecule has 1 atom stereocenters. The highest BCUT2D eigenvalue weighted by molar-refractivity contribution is 7.98. The van der Waals surface area contributed by atoms with E-state index in [0.717, 1.165) is 18.4 Å². The Hall–Kier alpha value is -1.01. The number of carbonyl (C=O) groups excluding carboxylic acids is 1. The molecule has 3 N–H and O–H groups in total. The molecule has 6 heteroatoms. The lowest BCUT2D eigenvalue weighted by molar-refractivity contribution is -0.122. The molecule has 0 spiro atoms. The topological polar surface area (TPSA) is 72.9 Å². The predicted octanol–water partition coefficient (Wildman–Crippen LogP) is 1.46. The van der Waals surface area contributed by atoms with Crippen LogP contribution >= 0.6 is 11.8 Å². The van der Waals surface area contributed by atoms with Crippen LogP contribution in [0.5, 0.6) is 0 Å². The van der Waals surface area contributed by atoms with Gasteiger partial charge in [0.1, 0.15) is 6.04 Å². The van der Waals surface area contributed by atoms with E-state index in [0.29, 0.717) is 6.54 Å². The summed E-state index contributed by atoms with van der Waals surface area (Å²) in [5.74, 6) is 1.09. The second-order valence-corrected chi connectivity index (χ2v) is 5.61. The summed E-state index contributed by atoms with van der Waals surface area (Å²) >= 11 is 1.88. The molecule has 1 rings (SSSR count). The SMILES string of the molecule is CSCCCCCCNC(=O)C(N)c1cnn(C)c1. The Labute approximate surface area is 119 Å². The molecule has 0 radical (unpaired) electrons. The lowest BCUT2D eigenvalue weighted by Gasteiger charge is -2.10. The first-order chi connectivity index (χ1) is 9.15. The van der Waals surface area contributed by atoms with Crippen LogP contribution < -0.4 is 11.1 Å².